The van der Waals surface area contributed by atoms with Gasteiger partial charge in [0.15, 0.2) is 0 Å². The number of rotatable bonds is 3. The van der Waals surface area contributed by atoms with E-state index in [1.165, 1.54) is 11.1 Å². The van der Waals surface area contributed by atoms with E-state index in [-0.39, 0.29) is 5.91 Å². The summed E-state index contributed by atoms with van der Waals surface area (Å²) in [6.45, 7) is 2.19. The molecule has 1 heterocycles. The van der Waals surface area contributed by atoms with Gasteiger partial charge < -0.3 is 10.1 Å². The van der Waals surface area contributed by atoms with Gasteiger partial charge in [-0.1, -0.05) is 12.1 Å². The van der Waals surface area contributed by atoms with E-state index in [0.29, 0.717) is 6.54 Å². The fourth-order valence-electron chi connectivity index (χ4n) is 2.24. The standard InChI is InChI=1S/C13H18N2O2/c1-14-13(16)9-15-7-6-11-10(8-15)4-3-5-12(11)17-2/h3-5H,6-9H2,1-2H3,(H,14,16). The van der Waals surface area contributed by atoms with Crippen molar-refractivity contribution < 1.29 is 9.53 Å². The van der Waals surface area contributed by atoms with Crippen LogP contribution in [0.3, 0.4) is 0 Å². The number of fused-ring (bicyclic) bond motifs is 1. The lowest BCUT2D eigenvalue weighted by atomic mass is 9.99. The molecule has 0 aromatic heterocycles. The van der Waals surface area contributed by atoms with E-state index in [1.54, 1.807) is 14.2 Å². The number of hydrogen-bond acceptors (Lipinski definition) is 3. The summed E-state index contributed by atoms with van der Waals surface area (Å²) in [5.41, 5.74) is 2.54. The van der Waals surface area contributed by atoms with Gasteiger partial charge in [0, 0.05) is 20.1 Å². The quantitative estimate of drug-likeness (QED) is 0.841. The lowest BCUT2D eigenvalue weighted by Crippen LogP contribution is -2.38. The lowest BCUT2D eigenvalue weighted by Gasteiger charge is -2.28. The van der Waals surface area contributed by atoms with Crippen LogP contribution in [0.15, 0.2) is 18.2 Å². The highest BCUT2D eigenvalue weighted by molar-refractivity contribution is 5.77. The summed E-state index contributed by atoms with van der Waals surface area (Å²) in [6, 6.07) is 6.10. The third-order valence-electron chi connectivity index (χ3n) is 3.17. The number of carbonyl (C=O) groups excluding carboxylic acids is 1. The predicted octanol–water partition coefficient (Wildman–Crippen LogP) is 0.799. The Morgan fingerprint density at radius 1 is 1.53 bits per heavy atom. The molecule has 0 aliphatic carbocycles. The molecule has 17 heavy (non-hydrogen) atoms. The van der Waals surface area contributed by atoms with Gasteiger partial charge in [-0.05, 0) is 23.6 Å². The maximum absolute atomic E-state index is 11.3. The van der Waals surface area contributed by atoms with Crippen molar-refractivity contribution in [3.8, 4) is 5.75 Å². The van der Waals surface area contributed by atoms with Gasteiger partial charge in [-0.25, -0.2) is 0 Å². The van der Waals surface area contributed by atoms with Gasteiger partial charge in [-0.15, -0.1) is 0 Å². The largest absolute Gasteiger partial charge is 0.496 e. The molecule has 0 bridgehead atoms. The van der Waals surface area contributed by atoms with Gasteiger partial charge in [-0.2, -0.15) is 0 Å². The van der Waals surface area contributed by atoms with Gasteiger partial charge in [0.05, 0.1) is 13.7 Å². The van der Waals surface area contributed by atoms with Crippen LogP contribution in [0.1, 0.15) is 11.1 Å². The molecule has 4 heteroatoms. The number of methoxy groups -OCH3 is 1. The molecular formula is C13H18N2O2. The van der Waals surface area contributed by atoms with Crippen molar-refractivity contribution in [2.24, 2.45) is 0 Å². The summed E-state index contributed by atoms with van der Waals surface area (Å²) in [7, 11) is 3.37. The first kappa shape index (κ1) is 11.9. The average molecular weight is 234 g/mol. The van der Waals surface area contributed by atoms with Gasteiger partial charge in [-0.3, -0.25) is 9.69 Å². The van der Waals surface area contributed by atoms with Gasteiger partial charge in [0.25, 0.3) is 0 Å². The van der Waals surface area contributed by atoms with E-state index in [2.05, 4.69) is 16.3 Å². The molecule has 1 aromatic carbocycles. The number of benzene rings is 1. The average Bonchev–Trinajstić information content (AvgIpc) is 2.37. The van der Waals surface area contributed by atoms with Gasteiger partial charge in [0.1, 0.15) is 5.75 Å². The van der Waals surface area contributed by atoms with Crippen LogP contribution in [0.4, 0.5) is 0 Å². The number of ether oxygens (including phenoxy) is 1. The van der Waals surface area contributed by atoms with Crippen LogP contribution in [0.25, 0.3) is 0 Å². The molecule has 0 fully saturated rings. The second-order valence-electron chi connectivity index (χ2n) is 4.23. The summed E-state index contributed by atoms with van der Waals surface area (Å²) < 4.78 is 5.35. The van der Waals surface area contributed by atoms with E-state index in [4.69, 9.17) is 4.74 Å². The smallest absolute Gasteiger partial charge is 0.233 e. The molecule has 92 valence electrons. The normalized spacial score (nSPS) is 15.2. The Morgan fingerprint density at radius 3 is 3.06 bits per heavy atom. The first-order valence-electron chi connectivity index (χ1n) is 5.82. The summed E-state index contributed by atoms with van der Waals surface area (Å²) in [4.78, 5) is 13.5. The van der Waals surface area contributed by atoms with Gasteiger partial charge >= 0.3 is 0 Å². The first-order valence-corrected chi connectivity index (χ1v) is 5.82. The van der Waals surface area contributed by atoms with E-state index in [0.717, 1.165) is 25.3 Å². The number of hydrogen-bond donors (Lipinski definition) is 1. The minimum Gasteiger partial charge on any atom is -0.496 e. The van der Waals surface area contributed by atoms with Crippen molar-refractivity contribution in [1.82, 2.24) is 10.2 Å². The minimum atomic E-state index is 0.0661. The summed E-state index contributed by atoms with van der Waals surface area (Å²) in [5.74, 6) is 1.03. The Labute approximate surface area is 102 Å². The minimum absolute atomic E-state index is 0.0661. The monoisotopic (exact) mass is 234 g/mol. The first-order chi connectivity index (χ1) is 8.24. The second-order valence-corrected chi connectivity index (χ2v) is 4.23. The molecule has 2 rings (SSSR count). The summed E-state index contributed by atoms with van der Waals surface area (Å²) in [6.07, 6.45) is 0.941. The topological polar surface area (TPSA) is 41.6 Å². The van der Waals surface area contributed by atoms with E-state index in [1.807, 2.05) is 12.1 Å². The predicted molar refractivity (Wildman–Crippen MR) is 66.0 cm³/mol. The zero-order valence-electron chi connectivity index (χ0n) is 10.3. The van der Waals surface area contributed by atoms with Crippen LogP contribution >= 0.6 is 0 Å². The van der Waals surface area contributed by atoms with Crippen LogP contribution in [0.5, 0.6) is 5.75 Å². The number of nitrogens with zero attached hydrogens (tertiary/aromatic N) is 1. The zero-order valence-corrected chi connectivity index (χ0v) is 10.3. The molecule has 1 aromatic rings. The van der Waals surface area contributed by atoms with Crippen molar-refractivity contribution in [3.05, 3.63) is 29.3 Å². The van der Waals surface area contributed by atoms with Crippen molar-refractivity contribution in [1.29, 1.82) is 0 Å². The Balaban J connectivity index is 2.11. The lowest BCUT2D eigenvalue weighted by molar-refractivity contribution is -0.121. The Kier molecular flexibility index (Phi) is 3.64. The maximum atomic E-state index is 11.3. The number of nitrogens with one attached hydrogen (secondary N) is 1. The summed E-state index contributed by atoms with van der Waals surface area (Å²) in [5, 5.41) is 2.65. The molecule has 0 spiro atoms. The van der Waals surface area contributed by atoms with Crippen molar-refractivity contribution in [3.63, 3.8) is 0 Å². The fourth-order valence-corrected chi connectivity index (χ4v) is 2.24. The van der Waals surface area contributed by atoms with Crippen molar-refractivity contribution in [2.75, 3.05) is 27.2 Å². The number of likely N-dealkylation sites (N-methyl/N-ethyl adjacent to an activating group) is 1. The second kappa shape index (κ2) is 5.19. The van der Waals surface area contributed by atoms with Gasteiger partial charge in [0.2, 0.25) is 5.91 Å². The molecule has 4 nitrogen and oxygen atoms in total. The highest BCUT2D eigenvalue weighted by Gasteiger charge is 2.20. The maximum Gasteiger partial charge on any atom is 0.233 e. The highest BCUT2D eigenvalue weighted by atomic mass is 16.5. The molecule has 0 saturated carbocycles. The SMILES string of the molecule is CNC(=O)CN1CCc2c(cccc2OC)C1. The van der Waals surface area contributed by atoms with Crippen molar-refractivity contribution >= 4 is 5.91 Å². The molecule has 0 saturated heterocycles. The molecule has 0 unspecified atom stereocenters. The highest BCUT2D eigenvalue weighted by Crippen LogP contribution is 2.27. The molecule has 1 aliphatic heterocycles. The van der Waals surface area contributed by atoms with Crippen LogP contribution in [0.2, 0.25) is 0 Å². The Bertz CT molecular complexity index is 418. The van der Waals surface area contributed by atoms with Crippen molar-refractivity contribution in [2.45, 2.75) is 13.0 Å². The molecule has 0 radical (unpaired) electrons. The number of carbonyl (C=O) groups is 1. The molecule has 0 atom stereocenters. The van der Waals surface area contributed by atoms with E-state index in [9.17, 15) is 4.79 Å². The Morgan fingerprint density at radius 2 is 2.35 bits per heavy atom. The molecule has 1 amide bonds. The third-order valence-corrected chi connectivity index (χ3v) is 3.17. The van der Waals surface area contributed by atoms with Crippen LogP contribution in [0, 0.1) is 0 Å². The zero-order chi connectivity index (χ0) is 12.3. The molecular weight excluding hydrogens is 216 g/mol. The molecule has 1 N–H and O–H groups in total. The number of amides is 1. The van der Waals surface area contributed by atoms with E-state index >= 15 is 0 Å². The Hall–Kier alpha value is -1.55. The third kappa shape index (κ3) is 2.58. The van der Waals surface area contributed by atoms with Crippen LogP contribution in [-0.4, -0.2) is 38.1 Å². The van der Waals surface area contributed by atoms with Crippen LogP contribution < -0.4 is 10.1 Å². The summed E-state index contributed by atoms with van der Waals surface area (Å²) >= 11 is 0. The fraction of sp³-hybridized carbons (Fsp3) is 0.462. The van der Waals surface area contributed by atoms with Crippen LogP contribution in [-0.2, 0) is 17.8 Å². The molecule has 1 aliphatic rings. The van der Waals surface area contributed by atoms with E-state index < -0.39 is 0 Å².